The van der Waals surface area contributed by atoms with Gasteiger partial charge in [-0.25, -0.2) is 0 Å². The van der Waals surface area contributed by atoms with Gasteiger partial charge in [0, 0.05) is 33.2 Å². The standard InChI is InChI=1S/C24H50N4O12Si/c1-19(35)25-22(10-29,11-30)16-38-41(9-7-8-28(4,5)6,39-17-23(12-31,13-32)26-20(2)36)40-18-24(14-33,15-34)27-21(3)37/h29-34H,7-18H2,1-6H3,(H2-,25,26,27,35,36,37)/p+1. The van der Waals surface area contributed by atoms with E-state index >= 15 is 0 Å². The predicted octanol–water partition coefficient (Wildman–Crippen LogP) is -4.35. The predicted molar refractivity (Wildman–Crippen MR) is 148 cm³/mol. The van der Waals surface area contributed by atoms with Crippen LogP contribution in [0.3, 0.4) is 0 Å². The Morgan fingerprint density at radius 3 is 1.07 bits per heavy atom. The van der Waals surface area contributed by atoms with Crippen LogP contribution < -0.4 is 16.0 Å². The van der Waals surface area contributed by atoms with Crippen molar-refractivity contribution >= 4 is 26.5 Å². The third-order valence-corrected chi connectivity index (χ3v) is 8.88. The van der Waals surface area contributed by atoms with Gasteiger partial charge in [-0.3, -0.25) is 14.4 Å². The molecule has 0 unspecified atom stereocenters. The van der Waals surface area contributed by atoms with Gasteiger partial charge in [0.2, 0.25) is 17.7 Å². The Balaban J connectivity index is 6.70. The topological polar surface area (TPSA) is 236 Å². The molecule has 16 nitrogen and oxygen atoms in total. The maximum Gasteiger partial charge on any atom is 0.501 e. The number of carbonyl (C=O) groups excluding carboxylic acids is 3. The molecule has 0 aliphatic carbocycles. The largest absolute Gasteiger partial charge is 0.501 e. The van der Waals surface area contributed by atoms with E-state index in [1.165, 1.54) is 20.8 Å². The van der Waals surface area contributed by atoms with E-state index < -0.39 is 103 Å². The molecule has 0 aromatic heterocycles. The van der Waals surface area contributed by atoms with Gasteiger partial charge in [0.25, 0.3) is 0 Å². The van der Waals surface area contributed by atoms with Gasteiger partial charge in [0.05, 0.1) is 87.1 Å². The van der Waals surface area contributed by atoms with Gasteiger partial charge < -0.3 is 64.4 Å². The summed E-state index contributed by atoms with van der Waals surface area (Å²) >= 11 is 0. The molecule has 0 radical (unpaired) electrons. The van der Waals surface area contributed by atoms with E-state index in [0.717, 1.165) is 0 Å². The molecule has 0 rings (SSSR count). The average Bonchev–Trinajstić information content (AvgIpc) is 2.89. The second-order valence-corrected chi connectivity index (χ2v) is 14.2. The lowest BCUT2D eigenvalue weighted by Gasteiger charge is -2.40. The smallest absolute Gasteiger partial charge is 0.394 e. The minimum absolute atomic E-state index is 0.0789. The Morgan fingerprint density at radius 2 is 0.878 bits per heavy atom. The van der Waals surface area contributed by atoms with Gasteiger partial charge in [0.15, 0.2) is 0 Å². The lowest BCUT2D eigenvalue weighted by molar-refractivity contribution is -0.870. The molecule has 0 aromatic carbocycles. The first-order chi connectivity index (χ1) is 18.9. The monoisotopic (exact) mass is 615 g/mol. The van der Waals surface area contributed by atoms with Crippen LogP contribution in [0.2, 0.25) is 6.04 Å². The number of hydrogen-bond acceptors (Lipinski definition) is 12. The zero-order valence-corrected chi connectivity index (χ0v) is 26.1. The molecule has 0 saturated carbocycles. The summed E-state index contributed by atoms with van der Waals surface area (Å²) in [5, 5.41) is 67.5. The van der Waals surface area contributed by atoms with Crippen LogP contribution in [0, 0.1) is 0 Å². The van der Waals surface area contributed by atoms with Crippen LogP contribution in [0.5, 0.6) is 0 Å². The molecule has 0 heterocycles. The molecule has 9 N–H and O–H groups in total. The second kappa shape index (κ2) is 17.4. The van der Waals surface area contributed by atoms with Crippen LogP contribution in [0.25, 0.3) is 0 Å². The quantitative estimate of drug-likeness (QED) is 0.0415. The highest BCUT2D eigenvalue weighted by atomic mass is 28.4. The maximum absolute atomic E-state index is 11.8. The van der Waals surface area contributed by atoms with Gasteiger partial charge in [-0.15, -0.1) is 0 Å². The molecule has 17 heteroatoms. The fourth-order valence-electron chi connectivity index (χ4n) is 3.75. The number of carbonyl (C=O) groups is 3. The van der Waals surface area contributed by atoms with Crippen LogP contribution in [-0.4, -0.2) is 165 Å². The van der Waals surface area contributed by atoms with Crippen LogP contribution in [-0.2, 0) is 27.7 Å². The number of nitrogens with zero attached hydrogens (tertiary/aromatic N) is 1. The highest BCUT2D eigenvalue weighted by molar-refractivity contribution is 6.60. The van der Waals surface area contributed by atoms with Crippen molar-refractivity contribution in [3.63, 3.8) is 0 Å². The van der Waals surface area contributed by atoms with E-state index in [1.807, 2.05) is 21.1 Å². The number of rotatable bonds is 22. The minimum Gasteiger partial charge on any atom is -0.394 e. The average molecular weight is 616 g/mol. The molecule has 242 valence electrons. The molecule has 3 amide bonds. The number of nitrogens with one attached hydrogen (secondary N) is 3. The molecule has 0 fully saturated rings. The Hall–Kier alpha value is -1.77. The number of hydrogen-bond donors (Lipinski definition) is 9. The minimum atomic E-state index is -4.11. The first-order valence-electron chi connectivity index (χ1n) is 13.2. The van der Waals surface area contributed by atoms with Crippen molar-refractivity contribution in [1.29, 1.82) is 0 Å². The SMILES string of the molecule is CC(=O)NC(CO)(CO)CO[Si](CCC[N+](C)(C)C)(OCC(CO)(CO)NC(C)=O)OCC(CO)(CO)NC(C)=O. The zero-order chi connectivity index (χ0) is 32.0. The third kappa shape index (κ3) is 13.8. The zero-order valence-electron chi connectivity index (χ0n) is 25.1. The lowest BCUT2D eigenvalue weighted by atomic mass is 10.0. The molecule has 0 aromatic rings. The highest BCUT2D eigenvalue weighted by Crippen LogP contribution is 2.25. The summed E-state index contributed by atoms with van der Waals surface area (Å²) < 4.78 is 19.1. The second-order valence-electron chi connectivity index (χ2n) is 11.5. The van der Waals surface area contributed by atoms with Crippen molar-refractivity contribution in [2.24, 2.45) is 0 Å². The molecule has 0 spiro atoms. The normalized spacial score (nSPS) is 13.2. The highest BCUT2D eigenvalue weighted by Gasteiger charge is 2.48. The van der Waals surface area contributed by atoms with Crippen LogP contribution >= 0.6 is 0 Å². The lowest BCUT2D eigenvalue weighted by Crippen LogP contribution is -2.64. The Labute approximate surface area is 242 Å². The molecule has 0 aliphatic heterocycles. The van der Waals surface area contributed by atoms with Crippen LogP contribution in [0.15, 0.2) is 0 Å². The summed E-state index contributed by atoms with van der Waals surface area (Å²) in [6.07, 6.45) is 0.428. The van der Waals surface area contributed by atoms with Crippen molar-refractivity contribution in [2.45, 2.75) is 49.9 Å². The molecular formula is C24H51N4O12Si+. The summed E-state index contributed by atoms with van der Waals surface area (Å²) in [4.78, 5) is 35.5. The van der Waals surface area contributed by atoms with Gasteiger partial charge in [-0.2, -0.15) is 0 Å². The number of aliphatic hydroxyl groups is 6. The summed E-state index contributed by atoms with van der Waals surface area (Å²) in [5.74, 6) is -1.69. The summed E-state index contributed by atoms with van der Waals surface area (Å²) in [6.45, 7) is -1.71. The molecule has 0 aliphatic rings. The fraction of sp³-hybridized carbons (Fsp3) is 0.875. The molecule has 41 heavy (non-hydrogen) atoms. The fourth-order valence-corrected chi connectivity index (χ4v) is 6.51. The van der Waals surface area contributed by atoms with E-state index in [9.17, 15) is 45.0 Å². The Bertz CT molecular complexity index is 727. The number of amides is 3. The Morgan fingerprint density at radius 1 is 0.610 bits per heavy atom. The van der Waals surface area contributed by atoms with Crippen molar-refractivity contribution in [1.82, 2.24) is 16.0 Å². The maximum atomic E-state index is 11.8. The van der Waals surface area contributed by atoms with Gasteiger partial charge in [-0.1, -0.05) is 0 Å². The van der Waals surface area contributed by atoms with Crippen LogP contribution in [0.4, 0.5) is 0 Å². The summed E-state index contributed by atoms with van der Waals surface area (Å²) in [6, 6.07) is 0.0789. The van der Waals surface area contributed by atoms with Gasteiger partial charge >= 0.3 is 8.80 Å². The Kier molecular flexibility index (Phi) is 16.6. The van der Waals surface area contributed by atoms with Crippen molar-refractivity contribution < 1.29 is 62.8 Å². The molecule has 0 bridgehead atoms. The van der Waals surface area contributed by atoms with Crippen LogP contribution in [0.1, 0.15) is 27.2 Å². The number of aliphatic hydroxyl groups excluding tert-OH is 6. The van der Waals surface area contributed by atoms with E-state index in [-0.39, 0.29) is 6.04 Å². The van der Waals surface area contributed by atoms with E-state index in [1.54, 1.807) is 0 Å². The third-order valence-electron chi connectivity index (χ3n) is 6.16. The summed E-state index contributed by atoms with van der Waals surface area (Å²) in [7, 11) is 1.74. The van der Waals surface area contributed by atoms with Gasteiger partial charge in [-0.05, 0) is 0 Å². The number of quaternary nitrogens is 1. The molecule has 0 saturated heterocycles. The van der Waals surface area contributed by atoms with Gasteiger partial charge in [0.1, 0.15) is 16.6 Å². The van der Waals surface area contributed by atoms with E-state index in [2.05, 4.69) is 16.0 Å². The van der Waals surface area contributed by atoms with E-state index in [4.69, 9.17) is 13.3 Å². The van der Waals surface area contributed by atoms with Crippen molar-refractivity contribution in [3.8, 4) is 0 Å². The molecular weight excluding hydrogens is 564 g/mol. The first-order valence-corrected chi connectivity index (χ1v) is 15.1. The molecule has 0 atom stereocenters. The van der Waals surface area contributed by atoms with E-state index in [0.29, 0.717) is 17.4 Å². The van der Waals surface area contributed by atoms with Crippen molar-refractivity contribution in [2.75, 3.05) is 87.1 Å². The van der Waals surface area contributed by atoms with Crippen molar-refractivity contribution in [3.05, 3.63) is 0 Å². The summed E-state index contributed by atoms with van der Waals surface area (Å²) in [5.41, 5.74) is -4.95. The first kappa shape index (κ1) is 39.2.